The third-order valence-electron chi connectivity index (χ3n) is 4.12. The van der Waals surface area contributed by atoms with E-state index in [1.165, 1.54) is 12.1 Å². The monoisotopic (exact) mass is 373 g/mol. The van der Waals surface area contributed by atoms with Gasteiger partial charge < -0.3 is 14.8 Å². The number of ether oxygens (including phenoxy) is 2. The molecule has 0 spiro atoms. The number of benzene rings is 2. The molecule has 1 aliphatic rings. The van der Waals surface area contributed by atoms with Crippen molar-refractivity contribution < 1.29 is 22.6 Å². The third-order valence-corrected chi connectivity index (χ3v) is 4.12. The predicted molar refractivity (Wildman–Crippen MR) is 92.6 cm³/mol. The summed E-state index contributed by atoms with van der Waals surface area (Å²) >= 11 is 0. The second kappa shape index (κ2) is 7.54. The van der Waals surface area contributed by atoms with Crippen LogP contribution in [0.25, 0.3) is 11.1 Å². The lowest BCUT2D eigenvalue weighted by Gasteiger charge is -2.28. The maximum absolute atomic E-state index is 12.7. The highest BCUT2D eigenvalue weighted by molar-refractivity contribution is 5.85. The number of halogens is 4. The molecule has 3 rings (SSSR count). The highest BCUT2D eigenvalue weighted by Crippen LogP contribution is 2.38. The Morgan fingerprint density at radius 2 is 1.76 bits per heavy atom. The number of hydrogen-bond acceptors (Lipinski definition) is 3. The minimum atomic E-state index is -4.77. The maximum Gasteiger partial charge on any atom is 0.573 e. The van der Waals surface area contributed by atoms with Crippen molar-refractivity contribution in [2.45, 2.75) is 26.3 Å². The molecule has 0 bridgehead atoms. The van der Waals surface area contributed by atoms with Gasteiger partial charge in [0.05, 0.1) is 0 Å². The summed E-state index contributed by atoms with van der Waals surface area (Å²) in [5.74, 6) is -0.208. The Balaban J connectivity index is 0.00000225. The largest absolute Gasteiger partial charge is 0.573 e. The van der Waals surface area contributed by atoms with Crippen LogP contribution in [0.4, 0.5) is 13.2 Å². The summed E-state index contributed by atoms with van der Waals surface area (Å²) in [7, 11) is 0. The first-order valence-electron chi connectivity index (χ1n) is 7.67. The van der Waals surface area contributed by atoms with E-state index in [1.54, 1.807) is 6.07 Å². The number of nitrogens with one attached hydrogen (secondary N) is 1. The summed E-state index contributed by atoms with van der Waals surface area (Å²) in [5, 5.41) is 3.01. The average Bonchev–Trinajstić information content (AvgIpc) is 2.45. The van der Waals surface area contributed by atoms with Crippen molar-refractivity contribution in [2.24, 2.45) is 0 Å². The first-order chi connectivity index (χ1) is 11.3. The van der Waals surface area contributed by atoms with Crippen molar-refractivity contribution in [1.82, 2.24) is 5.32 Å². The van der Waals surface area contributed by atoms with Crippen molar-refractivity contribution in [2.75, 3.05) is 13.1 Å². The molecule has 136 valence electrons. The van der Waals surface area contributed by atoms with Crippen LogP contribution in [0, 0.1) is 13.8 Å². The molecule has 2 aromatic rings. The number of aryl methyl sites for hydroxylation is 1. The summed E-state index contributed by atoms with van der Waals surface area (Å²) in [6, 6.07) is 10.4. The van der Waals surface area contributed by atoms with Crippen LogP contribution in [0.3, 0.4) is 0 Å². The quantitative estimate of drug-likeness (QED) is 0.846. The van der Waals surface area contributed by atoms with Crippen molar-refractivity contribution in [3.63, 3.8) is 0 Å². The highest BCUT2D eigenvalue weighted by Gasteiger charge is 2.33. The molecule has 0 aromatic heterocycles. The van der Waals surface area contributed by atoms with Gasteiger partial charge in [-0.3, -0.25) is 0 Å². The second-order valence-corrected chi connectivity index (χ2v) is 5.85. The van der Waals surface area contributed by atoms with E-state index in [0.717, 1.165) is 16.7 Å². The minimum Gasteiger partial charge on any atom is -0.484 e. The Hall–Kier alpha value is -1.92. The van der Waals surface area contributed by atoms with Gasteiger partial charge in [0, 0.05) is 13.1 Å². The fourth-order valence-electron chi connectivity index (χ4n) is 2.57. The molecule has 0 amide bonds. The van der Waals surface area contributed by atoms with Gasteiger partial charge in [0.1, 0.15) is 6.10 Å². The van der Waals surface area contributed by atoms with E-state index in [-0.39, 0.29) is 30.0 Å². The van der Waals surface area contributed by atoms with E-state index >= 15 is 0 Å². The molecule has 25 heavy (non-hydrogen) atoms. The molecular formula is C18H19ClF3NO2. The van der Waals surface area contributed by atoms with Crippen LogP contribution < -0.4 is 14.8 Å². The van der Waals surface area contributed by atoms with Gasteiger partial charge in [0.2, 0.25) is 0 Å². The number of alkyl halides is 3. The molecule has 0 atom stereocenters. The number of hydrogen-bond donors (Lipinski definition) is 1. The van der Waals surface area contributed by atoms with Crippen LogP contribution in [-0.2, 0) is 0 Å². The summed E-state index contributed by atoms with van der Waals surface area (Å²) in [6.07, 6.45) is -4.90. The van der Waals surface area contributed by atoms with Crippen molar-refractivity contribution in [3.05, 3.63) is 47.5 Å². The summed E-state index contributed by atoms with van der Waals surface area (Å²) in [4.78, 5) is 0. The first kappa shape index (κ1) is 19.4. The Morgan fingerprint density at radius 3 is 2.36 bits per heavy atom. The van der Waals surface area contributed by atoms with E-state index in [9.17, 15) is 13.2 Å². The Labute approximate surface area is 150 Å². The van der Waals surface area contributed by atoms with Crippen molar-refractivity contribution >= 4 is 12.4 Å². The second-order valence-electron chi connectivity index (χ2n) is 5.85. The third kappa shape index (κ3) is 4.58. The SMILES string of the molecule is Cc1cccc(-c2ccc(OC3CNC3)c(OC(F)(F)F)c2)c1C.Cl. The topological polar surface area (TPSA) is 30.5 Å². The molecule has 1 fully saturated rings. The zero-order valence-corrected chi connectivity index (χ0v) is 14.6. The van der Waals surface area contributed by atoms with Gasteiger partial charge in [-0.2, -0.15) is 0 Å². The zero-order chi connectivity index (χ0) is 17.3. The molecule has 7 heteroatoms. The van der Waals surface area contributed by atoms with Crippen LogP contribution >= 0.6 is 12.4 Å². The standard InChI is InChI=1S/C18H18F3NO2.ClH/c1-11-4-3-5-15(12(11)2)13-6-7-16(23-14-9-22-10-14)17(8-13)24-18(19,20)21;/h3-8,14,22H,9-10H2,1-2H3;1H. The molecule has 1 heterocycles. The van der Waals surface area contributed by atoms with Gasteiger partial charge in [0.15, 0.2) is 11.5 Å². The molecule has 1 saturated heterocycles. The maximum atomic E-state index is 12.7. The summed E-state index contributed by atoms with van der Waals surface area (Å²) in [5.41, 5.74) is 3.63. The molecule has 3 nitrogen and oxygen atoms in total. The van der Waals surface area contributed by atoms with Gasteiger partial charge in [-0.05, 0) is 48.2 Å². The smallest absolute Gasteiger partial charge is 0.484 e. The lowest BCUT2D eigenvalue weighted by Crippen LogP contribution is -2.50. The summed E-state index contributed by atoms with van der Waals surface area (Å²) in [6.45, 7) is 5.14. The highest BCUT2D eigenvalue weighted by atomic mass is 35.5. The molecule has 1 N–H and O–H groups in total. The van der Waals surface area contributed by atoms with E-state index < -0.39 is 6.36 Å². The molecule has 1 aliphatic heterocycles. The van der Waals surface area contributed by atoms with Gasteiger partial charge in [-0.1, -0.05) is 24.3 Å². The first-order valence-corrected chi connectivity index (χ1v) is 7.67. The molecule has 0 aliphatic carbocycles. The van der Waals surface area contributed by atoms with Gasteiger partial charge in [-0.15, -0.1) is 25.6 Å². The minimum absolute atomic E-state index is 0. The normalized spacial score (nSPS) is 14.4. The van der Waals surface area contributed by atoms with Crippen molar-refractivity contribution in [3.8, 4) is 22.6 Å². The van der Waals surface area contributed by atoms with E-state index in [1.807, 2.05) is 32.0 Å². The molecule has 2 aromatic carbocycles. The lowest BCUT2D eigenvalue weighted by molar-refractivity contribution is -0.275. The van der Waals surface area contributed by atoms with E-state index in [2.05, 4.69) is 10.1 Å². The van der Waals surface area contributed by atoms with Crippen molar-refractivity contribution in [1.29, 1.82) is 0 Å². The predicted octanol–water partition coefficient (Wildman–Crippen LogP) is 4.64. The van der Waals surface area contributed by atoms with Crippen LogP contribution in [0.15, 0.2) is 36.4 Å². The lowest BCUT2D eigenvalue weighted by atomic mass is 9.97. The van der Waals surface area contributed by atoms with E-state index in [4.69, 9.17) is 4.74 Å². The Kier molecular flexibility index (Phi) is 5.85. The van der Waals surface area contributed by atoms with Crippen LogP contribution in [0.1, 0.15) is 11.1 Å². The van der Waals surface area contributed by atoms with Gasteiger partial charge >= 0.3 is 6.36 Å². The zero-order valence-electron chi connectivity index (χ0n) is 13.8. The summed E-state index contributed by atoms with van der Waals surface area (Å²) < 4.78 is 48.0. The van der Waals surface area contributed by atoms with Crippen LogP contribution in [0.2, 0.25) is 0 Å². The van der Waals surface area contributed by atoms with E-state index in [0.29, 0.717) is 18.7 Å². The molecule has 0 unspecified atom stereocenters. The van der Waals surface area contributed by atoms with Gasteiger partial charge in [0.25, 0.3) is 0 Å². The molecule has 0 saturated carbocycles. The van der Waals surface area contributed by atoms with Gasteiger partial charge in [-0.25, -0.2) is 0 Å². The van der Waals surface area contributed by atoms with Crippen LogP contribution in [-0.4, -0.2) is 25.6 Å². The Morgan fingerprint density at radius 1 is 1.04 bits per heavy atom. The molecule has 0 radical (unpaired) electrons. The Bertz CT molecular complexity index is 746. The fourth-order valence-corrected chi connectivity index (χ4v) is 2.57. The fraction of sp³-hybridized carbons (Fsp3) is 0.333. The molecular weight excluding hydrogens is 355 g/mol. The van der Waals surface area contributed by atoms with Crippen LogP contribution in [0.5, 0.6) is 11.5 Å². The number of rotatable bonds is 4. The average molecular weight is 374 g/mol.